The molecule has 1 unspecified atom stereocenters. The van der Waals surface area contributed by atoms with E-state index in [4.69, 9.17) is 0 Å². The van der Waals surface area contributed by atoms with Gasteiger partial charge in [0, 0.05) is 39.8 Å². The highest BCUT2D eigenvalue weighted by atomic mass is 32.2. The van der Waals surface area contributed by atoms with Crippen LogP contribution in [0.2, 0.25) is 0 Å². The number of carbonyl (C=O) groups excluding carboxylic acids is 2. The molecule has 1 aliphatic carbocycles. The zero-order chi connectivity index (χ0) is 27.8. The molecule has 39 heavy (non-hydrogen) atoms. The highest BCUT2D eigenvalue weighted by Gasteiger charge is 2.50. The van der Waals surface area contributed by atoms with E-state index < -0.39 is 21.5 Å². The minimum atomic E-state index is -3.58. The van der Waals surface area contributed by atoms with Crippen molar-refractivity contribution < 1.29 is 18.0 Å². The van der Waals surface area contributed by atoms with Crippen LogP contribution in [0.15, 0.2) is 50.9 Å². The molecule has 12 heteroatoms. The summed E-state index contributed by atoms with van der Waals surface area (Å²) < 4.78 is 26.0. The number of hydrogen-bond donors (Lipinski definition) is 1. The van der Waals surface area contributed by atoms with Crippen LogP contribution in [-0.2, 0) is 19.6 Å². The summed E-state index contributed by atoms with van der Waals surface area (Å²) in [6.45, 7) is 1.08. The van der Waals surface area contributed by atoms with Gasteiger partial charge in [0.2, 0.25) is 15.9 Å². The molecule has 5 rings (SSSR count). The standard InChI is InChI=1S/C27H33N7O4S/c1-32(2)39(37,38)21-8-6-20(7-9-21)30-25-24-22(11-16-29-26(24)36)34(31-25)27(12-15-28)13-17-33(18-14-27)23(35)10-5-19-3-4-19/h6-9,11,16,19,24H,3-5,10,12-14,17-18H2,1-2H3,(H,30,31). The molecule has 1 atom stereocenters. The molecular formula is C27H33N7O4S. The number of hydrogen-bond acceptors (Lipinski definition) is 7. The first-order valence-corrected chi connectivity index (χ1v) is 14.7. The lowest BCUT2D eigenvalue weighted by Crippen LogP contribution is -2.58. The van der Waals surface area contributed by atoms with Crippen molar-refractivity contribution in [3.05, 3.63) is 36.0 Å². The summed E-state index contributed by atoms with van der Waals surface area (Å²) in [5.41, 5.74) is 3.82. The predicted molar refractivity (Wildman–Crippen MR) is 145 cm³/mol. The molecular weight excluding hydrogens is 518 g/mol. The lowest BCUT2D eigenvalue weighted by Gasteiger charge is -2.47. The number of amidine groups is 1. The molecule has 2 amide bonds. The highest BCUT2D eigenvalue weighted by Crippen LogP contribution is 2.40. The van der Waals surface area contributed by atoms with Crippen molar-refractivity contribution in [2.75, 3.05) is 27.2 Å². The lowest BCUT2D eigenvalue weighted by molar-refractivity contribution is -0.134. The van der Waals surface area contributed by atoms with Crippen molar-refractivity contribution in [3.63, 3.8) is 0 Å². The van der Waals surface area contributed by atoms with Crippen molar-refractivity contribution in [2.45, 2.75) is 55.4 Å². The van der Waals surface area contributed by atoms with Crippen LogP contribution in [0.3, 0.4) is 0 Å². The van der Waals surface area contributed by atoms with Crippen molar-refractivity contribution in [1.82, 2.24) is 19.6 Å². The minimum absolute atomic E-state index is 0.141. The second kappa shape index (κ2) is 10.5. The van der Waals surface area contributed by atoms with Gasteiger partial charge in [-0.2, -0.15) is 5.26 Å². The van der Waals surface area contributed by atoms with Gasteiger partial charge in [0.25, 0.3) is 5.91 Å². The van der Waals surface area contributed by atoms with Crippen molar-refractivity contribution in [1.29, 1.82) is 5.26 Å². The Balaban J connectivity index is 1.39. The second-order valence-electron chi connectivity index (χ2n) is 10.8. The first-order valence-electron chi connectivity index (χ1n) is 13.3. The molecule has 11 nitrogen and oxygen atoms in total. The fourth-order valence-corrected chi connectivity index (χ4v) is 6.31. The number of fused-ring (bicyclic) bond motifs is 1. The molecule has 4 aliphatic rings. The van der Waals surface area contributed by atoms with Gasteiger partial charge < -0.3 is 4.90 Å². The SMILES string of the molecule is CN(C)S(=O)(=O)c1ccc(N=C2NN(C3(CC#N)CCN(C(=O)CCC4CC4)CC3)C3=CC=NC(=O)C32)cc1. The fourth-order valence-electron chi connectivity index (χ4n) is 5.40. The number of allylic oxidation sites excluding steroid dienone is 1. The minimum Gasteiger partial charge on any atom is -0.343 e. The van der Waals surface area contributed by atoms with Crippen LogP contribution in [0.1, 0.15) is 44.9 Å². The molecule has 0 radical (unpaired) electrons. The number of dihydropyridines is 1. The zero-order valence-corrected chi connectivity index (χ0v) is 23.0. The molecule has 0 aromatic heterocycles. The van der Waals surface area contributed by atoms with Crippen LogP contribution in [-0.4, -0.2) is 79.2 Å². The Bertz CT molecular complexity index is 1380. The Hall–Kier alpha value is -3.56. The summed E-state index contributed by atoms with van der Waals surface area (Å²) >= 11 is 0. The van der Waals surface area contributed by atoms with Gasteiger partial charge in [-0.1, -0.05) is 12.8 Å². The molecule has 0 spiro atoms. The van der Waals surface area contributed by atoms with E-state index in [1.54, 1.807) is 18.2 Å². The third kappa shape index (κ3) is 5.33. The van der Waals surface area contributed by atoms with Crippen molar-refractivity contribution in [3.8, 4) is 6.07 Å². The van der Waals surface area contributed by atoms with Crippen LogP contribution in [0.25, 0.3) is 0 Å². The predicted octanol–water partition coefficient (Wildman–Crippen LogP) is 2.36. The maximum atomic E-state index is 12.9. The molecule has 3 aliphatic heterocycles. The molecule has 3 fully saturated rings. The lowest BCUT2D eigenvalue weighted by atomic mass is 9.83. The van der Waals surface area contributed by atoms with Crippen molar-refractivity contribution in [2.24, 2.45) is 21.8 Å². The van der Waals surface area contributed by atoms with E-state index >= 15 is 0 Å². The summed E-state index contributed by atoms with van der Waals surface area (Å²) in [5, 5.41) is 11.7. The first-order chi connectivity index (χ1) is 18.6. The van der Waals surface area contributed by atoms with E-state index in [1.165, 1.54) is 45.3 Å². The number of rotatable bonds is 8. The Morgan fingerprint density at radius 3 is 2.54 bits per heavy atom. The second-order valence-corrected chi connectivity index (χ2v) is 12.9. The van der Waals surface area contributed by atoms with Crippen LogP contribution < -0.4 is 5.43 Å². The Labute approximate surface area is 228 Å². The number of carbonyl (C=O) groups is 2. The van der Waals surface area contributed by atoms with Crippen LogP contribution in [0, 0.1) is 23.2 Å². The molecule has 206 valence electrons. The van der Waals surface area contributed by atoms with E-state index in [2.05, 4.69) is 21.5 Å². The number of hydrazine groups is 1. The molecule has 0 bridgehead atoms. The third-order valence-corrected chi connectivity index (χ3v) is 9.83. The molecule has 1 N–H and O–H groups in total. The zero-order valence-electron chi connectivity index (χ0n) is 22.2. The number of nitriles is 1. The maximum Gasteiger partial charge on any atom is 0.262 e. The Kier molecular flexibility index (Phi) is 7.31. The van der Waals surface area contributed by atoms with E-state index in [9.17, 15) is 23.3 Å². The van der Waals surface area contributed by atoms with E-state index in [-0.39, 0.29) is 23.1 Å². The van der Waals surface area contributed by atoms with Gasteiger partial charge in [0.05, 0.1) is 34.3 Å². The molecule has 1 aromatic rings. The van der Waals surface area contributed by atoms with Gasteiger partial charge in [-0.15, -0.1) is 0 Å². The van der Waals surface area contributed by atoms with E-state index in [0.717, 1.165) is 10.7 Å². The van der Waals surface area contributed by atoms with Gasteiger partial charge in [0.15, 0.2) is 0 Å². The normalized spacial score (nSPS) is 23.4. The summed E-state index contributed by atoms with van der Waals surface area (Å²) in [6.07, 6.45) is 8.55. The summed E-state index contributed by atoms with van der Waals surface area (Å²) in [5.74, 6) is 0.111. The average Bonchev–Trinajstić information content (AvgIpc) is 3.68. The highest BCUT2D eigenvalue weighted by molar-refractivity contribution is 7.89. The van der Waals surface area contributed by atoms with Crippen LogP contribution >= 0.6 is 0 Å². The van der Waals surface area contributed by atoms with Crippen molar-refractivity contribution >= 4 is 39.6 Å². The average molecular weight is 552 g/mol. The smallest absolute Gasteiger partial charge is 0.262 e. The number of nitrogens with zero attached hydrogens (tertiary/aromatic N) is 6. The van der Waals surface area contributed by atoms with E-state index in [0.29, 0.717) is 55.5 Å². The largest absolute Gasteiger partial charge is 0.343 e. The summed E-state index contributed by atoms with van der Waals surface area (Å²) in [7, 11) is -0.647. The van der Waals surface area contributed by atoms with Gasteiger partial charge in [-0.3, -0.25) is 20.0 Å². The third-order valence-electron chi connectivity index (χ3n) is 8.01. The summed E-state index contributed by atoms with van der Waals surface area (Å²) in [4.78, 5) is 36.3. The topological polar surface area (TPSA) is 139 Å². The monoisotopic (exact) mass is 551 g/mol. The van der Waals surface area contributed by atoms with E-state index in [1.807, 2.05) is 9.91 Å². The fraction of sp³-hybridized carbons (Fsp3) is 0.519. The number of sulfonamides is 1. The number of benzene rings is 1. The van der Waals surface area contributed by atoms with Gasteiger partial charge in [-0.25, -0.2) is 22.7 Å². The number of likely N-dealkylation sites (tertiary alicyclic amines) is 1. The van der Waals surface area contributed by atoms with Crippen LogP contribution in [0.5, 0.6) is 0 Å². The number of piperidine rings is 1. The Morgan fingerprint density at radius 1 is 1.23 bits per heavy atom. The van der Waals surface area contributed by atoms with Crippen LogP contribution in [0.4, 0.5) is 5.69 Å². The Morgan fingerprint density at radius 2 is 1.92 bits per heavy atom. The number of nitrogens with one attached hydrogen (secondary N) is 1. The number of amides is 2. The quantitative estimate of drug-likeness (QED) is 0.523. The molecule has 1 saturated carbocycles. The van der Waals surface area contributed by atoms with Gasteiger partial charge >= 0.3 is 0 Å². The van der Waals surface area contributed by atoms with Gasteiger partial charge in [-0.05, 0) is 55.5 Å². The van der Waals surface area contributed by atoms with Gasteiger partial charge in [0.1, 0.15) is 11.8 Å². The summed E-state index contributed by atoms with van der Waals surface area (Å²) in [6, 6.07) is 8.45. The molecule has 1 aromatic carbocycles. The molecule has 3 heterocycles. The maximum absolute atomic E-state index is 12.9. The number of aliphatic imine (C=N–C) groups is 2. The molecule has 2 saturated heterocycles. The first kappa shape index (κ1) is 27.0.